The quantitative estimate of drug-likeness (QED) is 0.148. The lowest BCUT2D eigenvalue weighted by molar-refractivity contribution is 0.793. The van der Waals surface area contributed by atoms with E-state index in [0.29, 0.717) is 0 Å². The average molecular weight is 851 g/mol. The third kappa shape index (κ3) is 5.57. The Morgan fingerprint density at radius 1 is 0.254 bits per heavy atom. The maximum Gasteiger partial charge on any atom is 0.0725 e. The Labute approximate surface area is 389 Å². The Morgan fingerprint density at radius 3 is 1.06 bits per heavy atom. The van der Waals surface area contributed by atoms with Crippen molar-refractivity contribution in [2.75, 3.05) is 0 Å². The molecule has 0 atom stereocenters. The van der Waals surface area contributed by atoms with E-state index in [-0.39, 0.29) is 0 Å². The number of hydrogen-bond donors (Lipinski definition) is 0. The Bertz CT molecular complexity index is 3760. The number of aromatic nitrogens is 2. The summed E-state index contributed by atoms with van der Waals surface area (Å²) in [5, 5.41) is 5.03. The molecule has 0 radical (unpaired) electrons. The van der Waals surface area contributed by atoms with Crippen LogP contribution in [0.3, 0.4) is 0 Å². The molecule has 1 spiro atoms. The Balaban J connectivity index is 0.874. The number of benzene rings is 10. The van der Waals surface area contributed by atoms with Crippen LogP contribution in [0.2, 0.25) is 0 Å². The fourth-order valence-corrected chi connectivity index (χ4v) is 11.7. The van der Waals surface area contributed by atoms with Crippen LogP contribution in [0.1, 0.15) is 44.5 Å². The van der Waals surface area contributed by atoms with E-state index in [1.54, 1.807) is 0 Å². The fourth-order valence-electron chi connectivity index (χ4n) is 11.7. The first-order chi connectivity index (χ1) is 33.2. The van der Waals surface area contributed by atoms with Gasteiger partial charge in [-0.05, 0) is 140 Å². The first-order valence-electron chi connectivity index (χ1n) is 23.2. The topological polar surface area (TPSA) is 9.86 Å². The molecule has 0 bridgehead atoms. The second kappa shape index (κ2) is 14.7. The van der Waals surface area contributed by atoms with Gasteiger partial charge in [0, 0.05) is 32.9 Å². The molecular weight excluding hydrogens is 809 g/mol. The molecule has 0 N–H and O–H groups in total. The Morgan fingerprint density at radius 2 is 0.597 bits per heavy atom. The van der Waals surface area contributed by atoms with Gasteiger partial charge in [0.15, 0.2) is 0 Å². The van der Waals surface area contributed by atoms with Crippen molar-refractivity contribution < 1.29 is 0 Å². The fraction of sp³-hybridized carbons (Fsp3) is 0.0154. The second-order valence-corrected chi connectivity index (χ2v) is 18.0. The summed E-state index contributed by atoms with van der Waals surface area (Å²) >= 11 is 0. The van der Waals surface area contributed by atoms with Gasteiger partial charge in [-0.15, -0.1) is 0 Å². The first kappa shape index (κ1) is 37.6. The molecule has 2 nitrogen and oxygen atoms in total. The molecule has 14 rings (SSSR count). The van der Waals surface area contributed by atoms with Gasteiger partial charge in [0.05, 0.1) is 27.5 Å². The molecule has 0 fully saturated rings. The highest BCUT2D eigenvalue weighted by atomic mass is 15.0. The molecule has 0 aliphatic heterocycles. The zero-order valence-electron chi connectivity index (χ0n) is 36.6. The maximum absolute atomic E-state index is 2.46. The number of nitrogens with zero attached hydrogens (tertiary/aromatic N) is 2. The summed E-state index contributed by atoms with van der Waals surface area (Å²) in [5.74, 6) is 0. The number of hydrogen-bond acceptors (Lipinski definition) is 0. The highest BCUT2D eigenvalue weighted by Gasteiger charge is 2.51. The van der Waals surface area contributed by atoms with E-state index in [9.17, 15) is 0 Å². The van der Waals surface area contributed by atoms with E-state index >= 15 is 0 Å². The molecule has 0 amide bonds. The molecule has 0 saturated carbocycles. The second-order valence-electron chi connectivity index (χ2n) is 18.0. The standard InChI is InChI=1S/C65H42N2/c1-3-15-47(16-4-1)66-61-25-13-9-21-53(61)55-39-43(33-37-63(55)66)27-29-45-31-35-51-52-36-32-46(42-60(52)65(59(51)41-45)57-23-11-7-19-49(57)50-20-8-12-24-58(50)65)30-28-44-34-38-64-56(40-44)54-22-10-14-26-62(54)67(64)48-17-5-2-6-18-48/h1-42H. The largest absolute Gasteiger partial charge is 0.309 e. The van der Waals surface area contributed by atoms with Crippen LogP contribution in [-0.2, 0) is 5.41 Å². The number of rotatable bonds is 6. The molecule has 2 aliphatic rings. The molecule has 67 heavy (non-hydrogen) atoms. The van der Waals surface area contributed by atoms with Crippen molar-refractivity contribution in [2.24, 2.45) is 0 Å². The van der Waals surface area contributed by atoms with Crippen LogP contribution in [0.5, 0.6) is 0 Å². The van der Waals surface area contributed by atoms with Crippen LogP contribution in [0.15, 0.2) is 231 Å². The monoisotopic (exact) mass is 850 g/mol. The van der Waals surface area contributed by atoms with Crippen LogP contribution >= 0.6 is 0 Å². The Kier molecular flexibility index (Phi) is 8.23. The maximum atomic E-state index is 2.46. The minimum atomic E-state index is -0.456. The van der Waals surface area contributed by atoms with E-state index in [4.69, 9.17) is 0 Å². The predicted molar refractivity (Wildman–Crippen MR) is 282 cm³/mol. The summed E-state index contributed by atoms with van der Waals surface area (Å²) in [6.45, 7) is 0. The normalized spacial score (nSPS) is 13.4. The van der Waals surface area contributed by atoms with Crippen molar-refractivity contribution in [1.82, 2.24) is 9.13 Å². The van der Waals surface area contributed by atoms with Crippen molar-refractivity contribution in [2.45, 2.75) is 5.41 Å². The van der Waals surface area contributed by atoms with E-state index in [1.165, 1.54) is 122 Å². The molecular formula is C65H42N2. The summed E-state index contributed by atoms with van der Waals surface area (Å²) < 4.78 is 4.75. The summed E-state index contributed by atoms with van der Waals surface area (Å²) in [5.41, 5.74) is 22.0. The molecule has 0 unspecified atom stereocenters. The van der Waals surface area contributed by atoms with Crippen LogP contribution in [0, 0.1) is 0 Å². The average Bonchev–Trinajstić information content (AvgIpc) is 4.09. The predicted octanol–water partition coefficient (Wildman–Crippen LogP) is 16.6. The van der Waals surface area contributed by atoms with Gasteiger partial charge >= 0.3 is 0 Å². The summed E-state index contributed by atoms with van der Waals surface area (Å²) in [7, 11) is 0. The lowest BCUT2D eigenvalue weighted by Gasteiger charge is -2.30. The lowest BCUT2D eigenvalue weighted by atomic mass is 9.70. The molecule has 2 heteroatoms. The smallest absolute Gasteiger partial charge is 0.0725 e. The van der Waals surface area contributed by atoms with Gasteiger partial charge in [0.25, 0.3) is 0 Å². The summed E-state index contributed by atoms with van der Waals surface area (Å²) in [4.78, 5) is 0. The van der Waals surface area contributed by atoms with Gasteiger partial charge in [0.1, 0.15) is 0 Å². The van der Waals surface area contributed by atoms with Gasteiger partial charge in [-0.25, -0.2) is 0 Å². The van der Waals surface area contributed by atoms with Crippen molar-refractivity contribution in [3.05, 3.63) is 275 Å². The van der Waals surface area contributed by atoms with Crippen LogP contribution < -0.4 is 0 Å². The van der Waals surface area contributed by atoms with Gasteiger partial charge in [-0.3, -0.25) is 0 Å². The van der Waals surface area contributed by atoms with Gasteiger partial charge in [-0.1, -0.05) is 182 Å². The molecule has 12 aromatic rings. The molecule has 2 aromatic heterocycles. The zero-order valence-corrected chi connectivity index (χ0v) is 36.6. The van der Waals surface area contributed by atoms with E-state index in [1.807, 2.05) is 0 Å². The third-order valence-electron chi connectivity index (χ3n) is 14.5. The minimum absolute atomic E-state index is 0.456. The van der Waals surface area contributed by atoms with E-state index < -0.39 is 5.41 Å². The molecule has 10 aromatic carbocycles. The Hall–Kier alpha value is -8.72. The van der Waals surface area contributed by atoms with Gasteiger partial charge in [0.2, 0.25) is 0 Å². The SMILES string of the molecule is C(=Cc1ccc2c(c1)c1ccccc1n2-c1ccccc1)c1ccc2c(c1)C1(c3ccccc3-c3ccccc31)c1cc(C=Cc3ccc4c(c3)c3ccccc3n4-c3ccccc3)ccc1-2. The molecule has 2 heterocycles. The van der Waals surface area contributed by atoms with E-state index in [2.05, 4.69) is 264 Å². The lowest BCUT2D eigenvalue weighted by Crippen LogP contribution is -2.26. The van der Waals surface area contributed by atoms with Crippen LogP contribution in [0.4, 0.5) is 0 Å². The van der Waals surface area contributed by atoms with E-state index in [0.717, 1.165) is 0 Å². The molecule has 2 aliphatic carbocycles. The third-order valence-corrected chi connectivity index (χ3v) is 14.5. The first-order valence-corrected chi connectivity index (χ1v) is 23.2. The van der Waals surface area contributed by atoms with Gasteiger partial charge in [-0.2, -0.15) is 0 Å². The van der Waals surface area contributed by atoms with Crippen molar-refractivity contribution in [3.8, 4) is 33.6 Å². The van der Waals surface area contributed by atoms with Crippen LogP contribution in [-0.4, -0.2) is 9.13 Å². The van der Waals surface area contributed by atoms with Crippen molar-refractivity contribution in [3.63, 3.8) is 0 Å². The molecule has 312 valence electrons. The highest BCUT2D eigenvalue weighted by Crippen LogP contribution is 2.63. The van der Waals surface area contributed by atoms with Gasteiger partial charge < -0.3 is 9.13 Å². The van der Waals surface area contributed by atoms with Crippen LogP contribution in [0.25, 0.3) is 102 Å². The van der Waals surface area contributed by atoms with Crippen molar-refractivity contribution in [1.29, 1.82) is 0 Å². The minimum Gasteiger partial charge on any atom is -0.309 e. The molecule has 0 saturated heterocycles. The summed E-state index contributed by atoms with van der Waals surface area (Å²) in [6.07, 6.45) is 9.15. The summed E-state index contributed by atoms with van der Waals surface area (Å²) in [6, 6.07) is 84.9. The number of fused-ring (bicyclic) bond motifs is 16. The number of para-hydroxylation sites is 4. The highest BCUT2D eigenvalue weighted by molar-refractivity contribution is 6.11. The zero-order chi connectivity index (χ0) is 44.1. The van der Waals surface area contributed by atoms with Crippen molar-refractivity contribution >= 4 is 67.9 Å².